The number of benzene rings is 2. The van der Waals surface area contributed by atoms with E-state index in [0.29, 0.717) is 25.2 Å². The van der Waals surface area contributed by atoms with Crippen molar-refractivity contribution in [2.75, 3.05) is 18.4 Å². The molecule has 0 aliphatic carbocycles. The van der Waals surface area contributed by atoms with E-state index in [0.717, 1.165) is 37.0 Å². The Bertz CT molecular complexity index is 985. The van der Waals surface area contributed by atoms with Gasteiger partial charge in [0.25, 0.3) is 0 Å². The topological polar surface area (TPSA) is 75.7 Å². The lowest BCUT2D eigenvalue weighted by molar-refractivity contribution is -0.274. The SMILES string of the molecule is O=C(CCc1ccc(S(=O)(=O)N2CCCCC2)cc1)Nc1ccc(OC(F)(F)F)cc1. The zero-order chi connectivity index (χ0) is 22.5. The second-order valence-corrected chi connectivity index (χ2v) is 9.17. The fraction of sp³-hybridized carbons (Fsp3) is 0.381. The molecule has 0 unspecified atom stereocenters. The van der Waals surface area contributed by atoms with E-state index in [1.54, 1.807) is 24.3 Å². The molecule has 10 heteroatoms. The predicted octanol–water partition coefficient (Wildman–Crippen LogP) is 4.33. The van der Waals surface area contributed by atoms with Gasteiger partial charge in [-0.15, -0.1) is 13.2 Å². The quantitative estimate of drug-likeness (QED) is 0.673. The lowest BCUT2D eigenvalue weighted by Gasteiger charge is -2.25. The molecule has 3 rings (SSSR count). The Labute approximate surface area is 179 Å². The summed E-state index contributed by atoms with van der Waals surface area (Å²) in [6.07, 6.45) is -1.47. The van der Waals surface area contributed by atoms with Gasteiger partial charge in [-0.05, 0) is 61.2 Å². The number of anilines is 1. The summed E-state index contributed by atoms with van der Waals surface area (Å²) < 4.78 is 67.1. The summed E-state index contributed by atoms with van der Waals surface area (Å²) in [6.45, 7) is 1.07. The molecule has 1 heterocycles. The molecule has 1 N–H and O–H groups in total. The van der Waals surface area contributed by atoms with Gasteiger partial charge >= 0.3 is 6.36 Å². The minimum Gasteiger partial charge on any atom is -0.406 e. The van der Waals surface area contributed by atoms with Crippen LogP contribution in [-0.2, 0) is 21.2 Å². The molecule has 1 aliphatic heterocycles. The van der Waals surface area contributed by atoms with Gasteiger partial charge in [0.2, 0.25) is 15.9 Å². The monoisotopic (exact) mass is 456 g/mol. The Morgan fingerprint density at radius 3 is 2.16 bits per heavy atom. The number of halogens is 3. The Hall–Kier alpha value is -2.59. The fourth-order valence-electron chi connectivity index (χ4n) is 3.30. The number of sulfonamides is 1. The first-order valence-electron chi connectivity index (χ1n) is 9.88. The number of nitrogens with one attached hydrogen (secondary N) is 1. The molecule has 1 amide bonds. The highest BCUT2D eigenvalue weighted by Gasteiger charge is 2.31. The third-order valence-corrected chi connectivity index (χ3v) is 6.80. The van der Waals surface area contributed by atoms with Crippen molar-refractivity contribution < 1.29 is 31.1 Å². The minimum absolute atomic E-state index is 0.138. The van der Waals surface area contributed by atoms with Crippen molar-refractivity contribution in [1.82, 2.24) is 4.31 Å². The Morgan fingerprint density at radius 2 is 1.58 bits per heavy atom. The maximum Gasteiger partial charge on any atom is 0.573 e. The Balaban J connectivity index is 1.51. The molecule has 0 saturated carbocycles. The van der Waals surface area contributed by atoms with Crippen LogP contribution in [0.2, 0.25) is 0 Å². The molecule has 0 spiro atoms. The van der Waals surface area contributed by atoms with Crippen molar-refractivity contribution in [2.24, 2.45) is 0 Å². The summed E-state index contributed by atoms with van der Waals surface area (Å²) in [4.78, 5) is 12.3. The summed E-state index contributed by atoms with van der Waals surface area (Å²) in [5, 5.41) is 2.60. The third-order valence-electron chi connectivity index (χ3n) is 4.89. The highest BCUT2D eigenvalue weighted by atomic mass is 32.2. The van der Waals surface area contributed by atoms with Gasteiger partial charge in [-0.3, -0.25) is 4.79 Å². The van der Waals surface area contributed by atoms with Crippen LogP contribution in [0, 0.1) is 0 Å². The van der Waals surface area contributed by atoms with Gasteiger partial charge in [-0.25, -0.2) is 8.42 Å². The number of carbonyl (C=O) groups is 1. The molecule has 1 saturated heterocycles. The number of ether oxygens (including phenoxy) is 1. The number of amides is 1. The third kappa shape index (κ3) is 6.70. The van der Waals surface area contributed by atoms with E-state index >= 15 is 0 Å². The summed E-state index contributed by atoms with van der Waals surface area (Å²) in [5.41, 5.74) is 1.16. The number of aryl methyl sites for hydroxylation is 1. The molecule has 2 aromatic rings. The number of hydrogen-bond donors (Lipinski definition) is 1. The number of carbonyl (C=O) groups excluding carboxylic acids is 1. The van der Waals surface area contributed by atoms with Crippen molar-refractivity contribution in [1.29, 1.82) is 0 Å². The van der Waals surface area contributed by atoms with Crippen LogP contribution in [0.1, 0.15) is 31.2 Å². The number of nitrogens with zero attached hydrogens (tertiary/aromatic N) is 1. The number of piperidine rings is 1. The smallest absolute Gasteiger partial charge is 0.406 e. The van der Waals surface area contributed by atoms with Crippen molar-refractivity contribution in [2.45, 2.75) is 43.4 Å². The second kappa shape index (κ2) is 9.69. The standard InChI is InChI=1S/C21H23F3N2O4S/c22-21(23,24)30-18-9-7-17(8-10-18)25-20(27)13-6-16-4-11-19(12-5-16)31(28,29)26-14-2-1-3-15-26/h4-5,7-12H,1-3,6,13-15H2,(H,25,27). The zero-order valence-corrected chi connectivity index (χ0v) is 17.5. The van der Waals surface area contributed by atoms with Crippen LogP contribution in [0.3, 0.4) is 0 Å². The van der Waals surface area contributed by atoms with Gasteiger partial charge in [0.15, 0.2) is 0 Å². The lowest BCUT2D eigenvalue weighted by Crippen LogP contribution is -2.35. The Kier molecular flexibility index (Phi) is 7.22. The molecule has 168 valence electrons. The molecule has 2 aromatic carbocycles. The molecule has 0 atom stereocenters. The molecular formula is C21H23F3N2O4S. The molecule has 6 nitrogen and oxygen atoms in total. The van der Waals surface area contributed by atoms with Crippen molar-refractivity contribution in [3.05, 3.63) is 54.1 Å². The molecule has 0 radical (unpaired) electrons. The van der Waals surface area contributed by atoms with Gasteiger partial charge in [-0.2, -0.15) is 4.31 Å². The molecule has 1 aliphatic rings. The van der Waals surface area contributed by atoms with Crippen LogP contribution >= 0.6 is 0 Å². The van der Waals surface area contributed by atoms with Crippen LogP contribution in [0.4, 0.5) is 18.9 Å². The highest BCUT2D eigenvalue weighted by molar-refractivity contribution is 7.89. The van der Waals surface area contributed by atoms with Gasteiger partial charge in [0.1, 0.15) is 5.75 Å². The van der Waals surface area contributed by atoms with E-state index in [1.807, 2.05) is 0 Å². The first-order chi connectivity index (χ1) is 14.6. The summed E-state index contributed by atoms with van der Waals surface area (Å²) in [7, 11) is -3.49. The summed E-state index contributed by atoms with van der Waals surface area (Å²) >= 11 is 0. The van der Waals surface area contributed by atoms with E-state index in [4.69, 9.17) is 0 Å². The van der Waals surface area contributed by atoms with E-state index < -0.39 is 16.4 Å². The number of rotatable bonds is 7. The Morgan fingerprint density at radius 1 is 0.968 bits per heavy atom. The maximum absolute atomic E-state index is 12.7. The second-order valence-electron chi connectivity index (χ2n) is 7.23. The van der Waals surface area contributed by atoms with Gasteiger partial charge in [0, 0.05) is 25.2 Å². The molecule has 0 bridgehead atoms. The molecule has 0 aromatic heterocycles. The lowest BCUT2D eigenvalue weighted by atomic mass is 10.1. The predicted molar refractivity (Wildman–Crippen MR) is 109 cm³/mol. The van der Waals surface area contributed by atoms with Crippen LogP contribution in [-0.4, -0.2) is 38.1 Å². The van der Waals surface area contributed by atoms with Crippen LogP contribution in [0.5, 0.6) is 5.75 Å². The van der Waals surface area contributed by atoms with E-state index in [1.165, 1.54) is 16.4 Å². The van der Waals surface area contributed by atoms with E-state index in [9.17, 15) is 26.4 Å². The molecule has 1 fully saturated rings. The first-order valence-corrected chi connectivity index (χ1v) is 11.3. The maximum atomic E-state index is 12.7. The van der Waals surface area contributed by atoms with Crippen molar-refractivity contribution in [3.63, 3.8) is 0 Å². The van der Waals surface area contributed by atoms with Crippen LogP contribution in [0.25, 0.3) is 0 Å². The molecule has 31 heavy (non-hydrogen) atoms. The van der Waals surface area contributed by atoms with Gasteiger partial charge in [0.05, 0.1) is 4.90 Å². The van der Waals surface area contributed by atoms with Crippen molar-refractivity contribution >= 4 is 21.6 Å². The fourth-order valence-corrected chi connectivity index (χ4v) is 4.82. The largest absolute Gasteiger partial charge is 0.573 e. The average molecular weight is 456 g/mol. The minimum atomic E-state index is -4.77. The van der Waals surface area contributed by atoms with E-state index in [-0.39, 0.29) is 23.0 Å². The normalized spacial score (nSPS) is 15.5. The first kappa shape index (κ1) is 23.1. The van der Waals surface area contributed by atoms with Crippen LogP contribution in [0.15, 0.2) is 53.4 Å². The van der Waals surface area contributed by atoms with Gasteiger partial charge in [-0.1, -0.05) is 18.6 Å². The van der Waals surface area contributed by atoms with Crippen molar-refractivity contribution in [3.8, 4) is 5.75 Å². The summed E-state index contributed by atoms with van der Waals surface area (Å²) in [5.74, 6) is -0.681. The highest BCUT2D eigenvalue weighted by Crippen LogP contribution is 2.24. The van der Waals surface area contributed by atoms with E-state index in [2.05, 4.69) is 10.1 Å². The summed E-state index contributed by atoms with van der Waals surface area (Å²) in [6, 6.07) is 11.3. The van der Waals surface area contributed by atoms with Crippen LogP contribution < -0.4 is 10.1 Å². The zero-order valence-electron chi connectivity index (χ0n) is 16.7. The number of hydrogen-bond acceptors (Lipinski definition) is 4. The molecular weight excluding hydrogens is 433 g/mol. The van der Waals surface area contributed by atoms with Gasteiger partial charge < -0.3 is 10.1 Å². The average Bonchev–Trinajstić information content (AvgIpc) is 2.73. The number of alkyl halides is 3.